The number of carbonyl (C=O) groups is 1. The second-order valence-electron chi connectivity index (χ2n) is 4.28. The van der Waals surface area contributed by atoms with Crippen molar-refractivity contribution in [3.8, 4) is 11.5 Å². The molecule has 0 aliphatic rings. The lowest BCUT2D eigenvalue weighted by molar-refractivity contribution is 0.0456. The third-order valence-corrected chi connectivity index (χ3v) is 2.66. The summed E-state index contributed by atoms with van der Waals surface area (Å²) in [5, 5.41) is 3.80. The second kappa shape index (κ2) is 5.58. The summed E-state index contributed by atoms with van der Waals surface area (Å²) >= 11 is 0. The molecule has 0 saturated heterocycles. The normalized spacial score (nSPS) is 10.5. The van der Waals surface area contributed by atoms with Crippen LogP contribution in [0.1, 0.15) is 21.9 Å². The summed E-state index contributed by atoms with van der Waals surface area (Å²) in [5.74, 6) is 0.468. The highest BCUT2D eigenvalue weighted by atomic mass is 16.5. The van der Waals surface area contributed by atoms with Crippen LogP contribution in [0.4, 0.5) is 0 Å². The van der Waals surface area contributed by atoms with E-state index in [0.29, 0.717) is 17.2 Å². The number of ether oxygens (including phenoxy) is 1. The van der Waals surface area contributed by atoms with E-state index in [-0.39, 0.29) is 12.3 Å². The highest BCUT2D eigenvalue weighted by Crippen LogP contribution is 2.20. The van der Waals surface area contributed by atoms with Crippen LogP contribution in [0, 0.1) is 6.92 Å². The summed E-state index contributed by atoms with van der Waals surface area (Å²) in [4.78, 5) is 19.7. The van der Waals surface area contributed by atoms with Crippen molar-refractivity contribution in [2.45, 2.75) is 13.5 Å². The lowest BCUT2D eigenvalue weighted by atomic mass is 10.3. The topological polar surface area (TPSA) is 91.2 Å². The second-order valence-corrected chi connectivity index (χ2v) is 4.28. The van der Waals surface area contributed by atoms with E-state index in [2.05, 4.69) is 15.1 Å². The van der Waals surface area contributed by atoms with Gasteiger partial charge in [0, 0.05) is 12.3 Å². The molecule has 0 saturated carbocycles. The van der Waals surface area contributed by atoms with E-state index in [4.69, 9.17) is 13.7 Å². The fraction of sp³-hybridized carbons (Fsp3) is 0.143. The molecule has 3 aromatic rings. The molecule has 0 aliphatic carbocycles. The van der Waals surface area contributed by atoms with Crippen molar-refractivity contribution in [3.05, 3.63) is 53.9 Å². The van der Waals surface area contributed by atoms with Gasteiger partial charge in [0.25, 0.3) is 0 Å². The lowest BCUT2D eigenvalue weighted by Gasteiger charge is -2.01. The maximum Gasteiger partial charge on any atom is 0.358 e. The Morgan fingerprint density at radius 1 is 1.29 bits per heavy atom. The molecule has 0 bridgehead atoms. The Balaban J connectivity index is 1.62. The summed E-state index contributed by atoms with van der Waals surface area (Å²) in [6.45, 7) is 1.77. The molecule has 0 atom stereocenters. The van der Waals surface area contributed by atoms with E-state index in [1.165, 1.54) is 18.7 Å². The highest BCUT2D eigenvalue weighted by Gasteiger charge is 2.13. The van der Waals surface area contributed by atoms with E-state index in [0.717, 1.165) is 5.69 Å². The molecule has 0 amide bonds. The third kappa shape index (κ3) is 2.97. The predicted octanol–water partition coefficient (Wildman–Crippen LogP) is 2.39. The van der Waals surface area contributed by atoms with Gasteiger partial charge in [0.15, 0.2) is 11.5 Å². The Bertz CT molecular complexity index is 732. The first-order valence-electron chi connectivity index (χ1n) is 6.17. The molecular weight excluding hydrogens is 274 g/mol. The van der Waals surface area contributed by atoms with Crippen LogP contribution in [0.25, 0.3) is 11.5 Å². The summed E-state index contributed by atoms with van der Waals surface area (Å²) in [6.07, 6.45) is 4.41. The molecule has 0 radical (unpaired) electrons. The number of aromatic nitrogens is 3. The van der Waals surface area contributed by atoms with E-state index in [9.17, 15) is 4.79 Å². The first kappa shape index (κ1) is 13.0. The van der Waals surface area contributed by atoms with Crippen LogP contribution in [0.5, 0.6) is 0 Å². The zero-order chi connectivity index (χ0) is 14.7. The Hall–Kier alpha value is -2.96. The van der Waals surface area contributed by atoms with Crippen molar-refractivity contribution in [3.63, 3.8) is 0 Å². The molecule has 0 aromatic carbocycles. The Morgan fingerprint density at radius 3 is 2.90 bits per heavy atom. The summed E-state index contributed by atoms with van der Waals surface area (Å²) < 4.78 is 15.4. The van der Waals surface area contributed by atoms with Gasteiger partial charge in [-0.05, 0) is 19.1 Å². The monoisotopic (exact) mass is 285 g/mol. The largest absolute Gasteiger partial charge is 0.461 e. The number of carbonyl (C=O) groups excluding carboxylic acids is 1. The van der Waals surface area contributed by atoms with Gasteiger partial charge in [0.1, 0.15) is 12.3 Å². The van der Waals surface area contributed by atoms with Crippen LogP contribution in [-0.2, 0) is 11.3 Å². The molecule has 3 aromatic heterocycles. The number of hydrogen-bond donors (Lipinski definition) is 0. The average molecular weight is 285 g/mol. The molecule has 7 nitrogen and oxygen atoms in total. The lowest BCUT2D eigenvalue weighted by Crippen LogP contribution is -2.08. The quantitative estimate of drug-likeness (QED) is 0.679. The maximum atomic E-state index is 11.8. The van der Waals surface area contributed by atoms with Crippen LogP contribution in [0.2, 0.25) is 0 Å². The number of furan rings is 1. The number of nitrogens with zero attached hydrogens (tertiary/aromatic N) is 3. The molecule has 3 rings (SSSR count). The Labute approximate surface area is 119 Å². The Kier molecular flexibility index (Phi) is 3.46. The van der Waals surface area contributed by atoms with Crippen LogP contribution in [0.15, 0.2) is 45.8 Å². The number of aryl methyl sites for hydroxylation is 1. The van der Waals surface area contributed by atoms with Gasteiger partial charge in [0.05, 0.1) is 18.2 Å². The first-order chi connectivity index (χ1) is 10.2. The molecule has 0 unspecified atom stereocenters. The minimum atomic E-state index is -0.565. The van der Waals surface area contributed by atoms with Gasteiger partial charge >= 0.3 is 5.97 Å². The fourth-order valence-electron chi connectivity index (χ4n) is 1.63. The zero-order valence-corrected chi connectivity index (χ0v) is 11.1. The van der Waals surface area contributed by atoms with Gasteiger partial charge in [-0.2, -0.15) is 0 Å². The molecule has 0 aliphatic heterocycles. The molecule has 7 heteroatoms. The summed E-state index contributed by atoms with van der Waals surface area (Å²) in [5.41, 5.74) is 1.36. The van der Waals surface area contributed by atoms with E-state index in [1.807, 2.05) is 0 Å². The van der Waals surface area contributed by atoms with Gasteiger partial charge in [-0.1, -0.05) is 5.16 Å². The molecular formula is C14H11N3O4. The SMILES string of the molecule is Cc1cnc(C(=O)OCc2cc(-c3ccco3)on2)cn1. The number of esters is 1. The molecule has 106 valence electrons. The van der Waals surface area contributed by atoms with E-state index < -0.39 is 5.97 Å². The predicted molar refractivity (Wildman–Crippen MR) is 70.1 cm³/mol. The van der Waals surface area contributed by atoms with Crippen LogP contribution in [0.3, 0.4) is 0 Å². The fourth-order valence-corrected chi connectivity index (χ4v) is 1.63. The maximum absolute atomic E-state index is 11.8. The van der Waals surface area contributed by atoms with Crippen molar-refractivity contribution in [2.24, 2.45) is 0 Å². The molecule has 0 N–H and O–H groups in total. The minimum absolute atomic E-state index is 0.0153. The standard InChI is InChI=1S/C14H11N3O4/c1-9-6-16-11(7-15-9)14(18)20-8-10-5-13(21-17-10)12-3-2-4-19-12/h2-7H,8H2,1H3. The molecule has 3 heterocycles. The average Bonchev–Trinajstić information content (AvgIpc) is 3.16. The van der Waals surface area contributed by atoms with Gasteiger partial charge < -0.3 is 13.7 Å². The molecule has 21 heavy (non-hydrogen) atoms. The van der Waals surface area contributed by atoms with Crippen LogP contribution < -0.4 is 0 Å². The summed E-state index contributed by atoms with van der Waals surface area (Å²) in [7, 11) is 0. The van der Waals surface area contributed by atoms with Gasteiger partial charge in [0.2, 0.25) is 5.76 Å². The Morgan fingerprint density at radius 2 is 2.19 bits per heavy atom. The minimum Gasteiger partial charge on any atom is -0.461 e. The van der Waals surface area contributed by atoms with Crippen LogP contribution in [-0.4, -0.2) is 21.1 Å². The van der Waals surface area contributed by atoms with Crippen molar-refractivity contribution >= 4 is 5.97 Å². The van der Waals surface area contributed by atoms with Gasteiger partial charge in [-0.15, -0.1) is 0 Å². The highest BCUT2D eigenvalue weighted by molar-refractivity contribution is 5.86. The van der Waals surface area contributed by atoms with Crippen LogP contribution >= 0.6 is 0 Å². The molecule has 0 fully saturated rings. The number of hydrogen-bond acceptors (Lipinski definition) is 7. The third-order valence-electron chi connectivity index (χ3n) is 2.66. The molecule has 0 spiro atoms. The van der Waals surface area contributed by atoms with E-state index in [1.54, 1.807) is 25.1 Å². The summed E-state index contributed by atoms with van der Waals surface area (Å²) in [6, 6.07) is 5.14. The smallest absolute Gasteiger partial charge is 0.358 e. The van der Waals surface area contributed by atoms with Gasteiger partial charge in [-0.25, -0.2) is 9.78 Å². The zero-order valence-electron chi connectivity index (χ0n) is 11.1. The van der Waals surface area contributed by atoms with Crippen molar-refractivity contribution in [1.82, 2.24) is 15.1 Å². The van der Waals surface area contributed by atoms with Crippen molar-refractivity contribution < 1.29 is 18.5 Å². The number of rotatable bonds is 4. The van der Waals surface area contributed by atoms with Crippen molar-refractivity contribution in [2.75, 3.05) is 0 Å². The van der Waals surface area contributed by atoms with E-state index >= 15 is 0 Å². The van der Waals surface area contributed by atoms with Crippen molar-refractivity contribution in [1.29, 1.82) is 0 Å². The van der Waals surface area contributed by atoms with Gasteiger partial charge in [-0.3, -0.25) is 4.98 Å². The first-order valence-corrected chi connectivity index (χ1v) is 6.17.